The summed E-state index contributed by atoms with van der Waals surface area (Å²) in [6.07, 6.45) is 3.51. The van der Waals surface area contributed by atoms with Crippen LogP contribution in [-0.2, 0) is 0 Å². The van der Waals surface area contributed by atoms with E-state index in [1.165, 1.54) is 5.54 Å². The molecule has 1 nitrogen and oxygen atoms in total. The van der Waals surface area contributed by atoms with Crippen LogP contribution in [0.1, 0.15) is 0 Å². The van der Waals surface area contributed by atoms with Crippen molar-refractivity contribution in [2.24, 2.45) is 0 Å². The molecule has 1 aromatic heterocycles. The van der Waals surface area contributed by atoms with Gasteiger partial charge in [0, 0.05) is 22.8 Å². The molecule has 4 heteroatoms. The minimum absolute atomic E-state index is 0. The smallest absolute Gasteiger partial charge is 0.0279 e. The van der Waals surface area contributed by atoms with E-state index in [4.69, 9.17) is 11.6 Å². The maximum absolute atomic E-state index is 5.33. The molecular formula is C7H7Cl2NS. The molecule has 0 saturated heterocycles. The zero-order chi connectivity index (χ0) is 7.23. The first kappa shape index (κ1) is 10.8. The molecule has 0 spiro atoms. The van der Waals surface area contributed by atoms with Gasteiger partial charge in [-0.15, -0.1) is 12.4 Å². The minimum Gasteiger partial charge on any atom is -0.265 e. The second-order valence-electron chi connectivity index (χ2n) is 1.56. The zero-order valence-electron chi connectivity index (χ0n) is 5.61. The molecule has 1 rings (SSSR count). The van der Waals surface area contributed by atoms with Gasteiger partial charge in [0.1, 0.15) is 0 Å². The molecule has 0 unspecified atom stereocenters. The normalized spacial score (nSPS) is 9.55. The van der Waals surface area contributed by atoms with Gasteiger partial charge in [0.15, 0.2) is 0 Å². The molecule has 0 atom stereocenters. The molecule has 0 aliphatic carbocycles. The molecule has 0 aliphatic rings. The van der Waals surface area contributed by atoms with Crippen LogP contribution >= 0.6 is 35.8 Å². The summed E-state index contributed by atoms with van der Waals surface area (Å²) >= 11 is 6.90. The van der Waals surface area contributed by atoms with Crippen LogP contribution in [0.3, 0.4) is 0 Å². The summed E-state index contributed by atoms with van der Waals surface area (Å²) in [4.78, 5) is 5.03. The Morgan fingerprint density at radius 1 is 1.36 bits per heavy atom. The highest BCUT2D eigenvalue weighted by molar-refractivity contribution is 8.02. The van der Waals surface area contributed by atoms with E-state index < -0.39 is 0 Å². The second-order valence-corrected chi connectivity index (χ2v) is 2.79. The Morgan fingerprint density at radius 3 is 2.55 bits per heavy atom. The van der Waals surface area contributed by atoms with Crippen LogP contribution in [0.5, 0.6) is 0 Å². The van der Waals surface area contributed by atoms with Crippen molar-refractivity contribution in [3.05, 3.63) is 35.5 Å². The number of halogens is 2. The lowest BCUT2D eigenvalue weighted by Crippen LogP contribution is -1.68. The Morgan fingerprint density at radius 2 is 2.00 bits per heavy atom. The summed E-state index contributed by atoms with van der Waals surface area (Å²) in [5.74, 6) is 0. The molecule has 0 aliphatic heterocycles. The summed E-state index contributed by atoms with van der Waals surface area (Å²) < 4.78 is 0. The predicted molar refractivity (Wildman–Crippen MR) is 52.3 cm³/mol. The van der Waals surface area contributed by atoms with E-state index in [1.54, 1.807) is 24.2 Å². The molecule has 0 saturated carbocycles. The Balaban J connectivity index is 0.000001000. The second kappa shape index (κ2) is 6.53. The molecule has 0 fully saturated rings. The maximum Gasteiger partial charge on any atom is 0.0279 e. The van der Waals surface area contributed by atoms with E-state index in [0.717, 1.165) is 4.90 Å². The van der Waals surface area contributed by atoms with E-state index in [-0.39, 0.29) is 12.4 Å². The Hall–Kier alpha value is -0.180. The first-order chi connectivity index (χ1) is 4.93. The van der Waals surface area contributed by atoms with Gasteiger partial charge in [-0.05, 0) is 17.5 Å². The number of pyridine rings is 1. The van der Waals surface area contributed by atoms with Gasteiger partial charge >= 0.3 is 0 Å². The third kappa shape index (κ3) is 4.30. The van der Waals surface area contributed by atoms with Crippen molar-refractivity contribution in [3.8, 4) is 0 Å². The van der Waals surface area contributed by atoms with Crippen molar-refractivity contribution >= 4 is 35.8 Å². The van der Waals surface area contributed by atoms with Gasteiger partial charge in [-0.25, -0.2) is 0 Å². The lowest BCUT2D eigenvalue weighted by Gasteiger charge is -1.90. The summed E-state index contributed by atoms with van der Waals surface area (Å²) in [5.41, 5.74) is 1.49. The fraction of sp³-hybridized carbons (Fsp3) is 0. The molecular weight excluding hydrogens is 201 g/mol. The van der Waals surface area contributed by atoms with Crippen LogP contribution in [0.2, 0.25) is 0 Å². The van der Waals surface area contributed by atoms with Gasteiger partial charge in [-0.3, -0.25) is 4.98 Å². The Kier molecular flexibility index (Phi) is 6.42. The Labute approximate surface area is 81.3 Å². The molecule has 0 radical (unpaired) electrons. The topological polar surface area (TPSA) is 12.9 Å². The summed E-state index contributed by atoms with van der Waals surface area (Å²) in [6.45, 7) is 0. The number of aromatic nitrogens is 1. The maximum atomic E-state index is 5.33. The van der Waals surface area contributed by atoms with E-state index in [2.05, 4.69) is 4.98 Å². The third-order valence-electron chi connectivity index (χ3n) is 0.905. The van der Waals surface area contributed by atoms with Crippen molar-refractivity contribution in [1.29, 1.82) is 0 Å². The van der Waals surface area contributed by atoms with Crippen molar-refractivity contribution < 1.29 is 0 Å². The lowest BCUT2D eigenvalue weighted by atomic mass is 10.5. The van der Waals surface area contributed by atoms with Crippen molar-refractivity contribution in [2.75, 3.05) is 0 Å². The van der Waals surface area contributed by atoms with E-state index in [1.807, 2.05) is 17.5 Å². The largest absolute Gasteiger partial charge is 0.265 e. The summed E-state index contributed by atoms with van der Waals surface area (Å²) in [5, 5.41) is 1.82. The molecule has 0 N–H and O–H groups in total. The van der Waals surface area contributed by atoms with Crippen LogP contribution in [0.4, 0.5) is 0 Å². The molecule has 60 valence electrons. The number of hydrogen-bond donors (Lipinski definition) is 0. The molecule has 0 amide bonds. The monoisotopic (exact) mass is 207 g/mol. The summed E-state index contributed by atoms with van der Waals surface area (Å²) in [7, 11) is 0. The molecule has 0 aromatic carbocycles. The van der Waals surface area contributed by atoms with E-state index in [9.17, 15) is 0 Å². The number of hydrogen-bond acceptors (Lipinski definition) is 2. The van der Waals surface area contributed by atoms with Gasteiger partial charge < -0.3 is 0 Å². The minimum atomic E-state index is 0. The molecule has 1 heterocycles. The fourth-order valence-corrected chi connectivity index (χ4v) is 1.16. The van der Waals surface area contributed by atoms with Gasteiger partial charge in [0.05, 0.1) is 0 Å². The van der Waals surface area contributed by atoms with Crippen molar-refractivity contribution in [1.82, 2.24) is 4.98 Å². The number of nitrogens with zero attached hydrogens (tertiary/aromatic N) is 1. The van der Waals surface area contributed by atoms with Crippen LogP contribution in [0.15, 0.2) is 40.4 Å². The first-order valence-corrected chi connectivity index (χ1v) is 4.07. The highest BCUT2D eigenvalue weighted by Gasteiger charge is 1.84. The van der Waals surface area contributed by atoms with Crippen LogP contribution in [-0.4, -0.2) is 4.98 Å². The quantitative estimate of drug-likeness (QED) is 0.691. The van der Waals surface area contributed by atoms with Crippen LogP contribution < -0.4 is 0 Å². The molecule has 0 bridgehead atoms. The molecule has 11 heavy (non-hydrogen) atoms. The standard InChI is InChI=1S/C7H6ClNS.ClH/c8-3-6-10-7-1-4-9-5-2-7;/h1-6H;1H. The molecule has 1 aromatic rings. The third-order valence-corrected chi connectivity index (χ3v) is 2.00. The lowest BCUT2D eigenvalue weighted by molar-refractivity contribution is 1.27. The van der Waals surface area contributed by atoms with Crippen molar-refractivity contribution in [2.45, 2.75) is 4.90 Å². The number of thioether (sulfide) groups is 1. The first-order valence-electron chi connectivity index (χ1n) is 2.75. The van der Waals surface area contributed by atoms with E-state index in [0.29, 0.717) is 0 Å². The SMILES string of the molecule is Cl.ClC=CSc1ccncc1. The fourth-order valence-electron chi connectivity index (χ4n) is 0.521. The highest BCUT2D eigenvalue weighted by Crippen LogP contribution is 2.17. The van der Waals surface area contributed by atoms with Gasteiger partial charge in [-0.2, -0.15) is 0 Å². The predicted octanol–water partition coefficient (Wildman–Crippen LogP) is 3.31. The average molecular weight is 208 g/mol. The Bertz CT molecular complexity index is 213. The zero-order valence-corrected chi connectivity index (χ0v) is 7.99. The number of rotatable bonds is 2. The highest BCUT2D eigenvalue weighted by atomic mass is 35.5. The van der Waals surface area contributed by atoms with Gasteiger partial charge in [0.25, 0.3) is 0 Å². The van der Waals surface area contributed by atoms with Gasteiger partial charge in [-0.1, -0.05) is 23.4 Å². The van der Waals surface area contributed by atoms with Crippen molar-refractivity contribution in [3.63, 3.8) is 0 Å². The van der Waals surface area contributed by atoms with E-state index >= 15 is 0 Å². The van der Waals surface area contributed by atoms with Gasteiger partial charge in [0.2, 0.25) is 0 Å². The average Bonchev–Trinajstić information content (AvgIpc) is 2.03. The van der Waals surface area contributed by atoms with Crippen LogP contribution in [0, 0.1) is 0 Å². The van der Waals surface area contributed by atoms with Crippen LogP contribution in [0.25, 0.3) is 0 Å². The summed E-state index contributed by atoms with van der Waals surface area (Å²) in [6, 6.07) is 3.86.